The Balaban J connectivity index is 1.86. The number of piperidine rings is 1. The van der Waals surface area contributed by atoms with E-state index in [0.717, 1.165) is 12.3 Å². The largest absolute Gasteiger partial charge is 0.447 e. The van der Waals surface area contributed by atoms with Crippen molar-refractivity contribution in [1.82, 2.24) is 9.88 Å². The highest BCUT2D eigenvalue weighted by molar-refractivity contribution is 4.88. The first-order valence-electron chi connectivity index (χ1n) is 4.55. The minimum atomic E-state index is 0.931. The molecule has 1 fully saturated rings. The summed E-state index contributed by atoms with van der Waals surface area (Å²) >= 11 is 0. The molecule has 12 heavy (non-hydrogen) atoms. The fraction of sp³-hybridized carbons (Fsp3) is 0.667. The van der Waals surface area contributed by atoms with Crippen LogP contribution in [0.5, 0.6) is 0 Å². The molecule has 0 atom stereocenters. The molecular formula is C9H14N2O. The summed E-state index contributed by atoms with van der Waals surface area (Å²) in [6.07, 6.45) is 7.34. The molecule has 1 aliphatic heterocycles. The van der Waals surface area contributed by atoms with Crippen LogP contribution in [0.15, 0.2) is 17.0 Å². The molecule has 0 N–H and O–H groups in total. The summed E-state index contributed by atoms with van der Waals surface area (Å²) in [5.41, 5.74) is 0. The number of nitrogens with zero attached hydrogens (tertiary/aromatic N) is 2. The van der Waals surface area contributed by atoms with Gasteiger partial charge in [-0.3, -0.25) is 4.90 Å². The Bertz CT molecular complexity index is 214. The van der Waals surface area contributed by atoms with Crippen molar-refractivity contribution in [3.63, 3.8) is 0 Å². The third-order valence-corrected chi connectivity index (χ3v) is 2.31. The Hall–Kier alpha value is -0.830. The van der Waals surface area contributed by atoms with Gasteiger partial charge in [0.15, 0.2) is 6.39 Å². The zero-order chi connectivity index (χ0) is 8.23. The second-order valence-corrected chi connectivity index (χ2v) is 3.30. The first kappa shape index (κ1) is 7.80. The normalized spacial score (nSPS) is 19.7. The van der Waals surface area contributed by atoms with Gasteiger partial charge >= 0.3 is 0 Å². The highest BCUT2D eigenvalue weighted by Gasteiger charge is 2.11. The van der Waals surface area contributed by atoms with Gasteiger partial charge in [0.05, 0.1) is 12.7 Å². The van der Waals surface area contributed by atoms with Crippen LogP contribution in [0.1, 0.15) is 25.0 Å². The third-order valence-electron chi connectivity index (χ3n) is 2.31. The molecule has 1 aromatic heterocycles. The van der Waals surface area contributed by atoms with E-state index in [1.54, 1.807) is 6.20 Å². The van der Waals surface area contributed by atoms with Gasteiger partial charge in [-0.2, -0.15) is 0 Å². The number of oxazole rings is 1. The minimum Gasteiger partial charge on any atom is -0.447 e. The van der Waals surface area contributed by atoms with Gasteiger partial charge in [0.2, 0.25) is 0 Å². The Morgan fingerprint density at radius 1 is 1.33 bits per heavy atom. The molecule has 0 radical (unpaired) electrons. The number of likely N-dealkylation sites (tertiary alicyclic amines) is 1. The predicted octanol–water partition coefficient (Wildman–Crippen LogP) is 1.66. The monoisotopic (exact) mass is 166 g/mol. The van der Waals surface area contributed by atoms with Crippen LogP contribution in [0, 0.1) is 0 Å². The molecule has 1 aliphatic rings. The lowest BCUT2D eigenvalue weighted by Crippen LogP contribution is -2.28. The fourth-order valence-corrected chi connectivity index (χ4v) is 1.66. The maximum Gasteiger partial charge on any atom is 0.180 e. The Kier molecular flexibility index (Phi) is 2.42. The maximum absolute atomic E-state index is 5.18. The van der Waals surface area contributed by atoms with E-state index in [-0.39, 0.29) is 0 Å². The van der Waals surface area contributed by atoms with Gasteiger partial charge in [-0.1, -0.05) is 6.42 Å². The van der Waals surface area contributed by atoms with Crippen molar-refractivity contribution in [2.24, 2.45) is 0 Å². The summed E-state index contributed by atoms with van der Waals surface area (Å²) in [5, 5.41) is 0. The SMILES string of the molecule is c1ncc(CN2CCCCC2)o1. The van der Waals surface area contributed by atoms with E-state index in [4.69, 9.17) is 4.42 Å². The third kappa shape index (κ3) is 1.85. The predicted molar refractivity (Wildman–Crippen MR) is 45.6 cm³/mol. The number of hydrogen-bond donors (Lipinski definition) is 0. The van der Waals surface area contributed by atoms with Gasteiger partial charge < -0.3 is 4.42 Å². The molecule has 3 nitrogen and oxygen atoms in total. The maximum atomic E-state index is 5.18. The van der Waals surface area contributed by atoms with Crippen molar-refractivity contribution in [1.29, 1.82) is 0 Å². The van der Waals surface area contributed by atoms with Gasteiger partial charge in [0.25, 0.3) is 0 Å². The zero-order valence-corrected chi connectivity index (χ0v) is 7.20. The second-order valence-electron chi connectivity index (χ2n) is 3.30. The van der Waals surface area contributed by atoms with Gasteiger partial charge in [-0.15, -0.1) is 0 Å². The topological polar surface area (TPSA) is 29.3 Å². The van der Waals surface area contributed by atoms with Crippen molar-refractivity contribution >= 4 is 0 Å². The highest BCUT2D eigenvalue weighted by Crippen LogP contribution is 2.11. The lowest BCUT2D eigenvalue weighted by Gasteiger charge is -2.24. The van der Waals surface area contributed by atoms with Gasteiger partial charge in [-0.05, 0) is 25.9 Å². The summed E-state index contributed by atoms with van der Waals surface area (Å²) in [7, 11) is 0. The summed E-state index contributed by atoms with van der Waals surface area (Å²) in [5.74, 6) is 0.983. The molecular weight excluding hydrogens is 152 g/mol. The zero-order valence-electron chi connectivity index (χ0n) is 7.20. The van der Waals surface area contributed by atoms with Crippen molar-refractivity contribution in [2.75, 3.05) is 13.1 Å². The number of rotatable bonds is 2. The molecule has 0 aliphatic carbocycles. The molecule has 1 aromatic rings. The summed E-state index contributed by atoms with van der Waals surface area (Å²) in [4.78, 5) is 6.31. The highest BCUT2D eigenvalue weighted by atomic mass is 16.3. The molecule has 3 heteroatoms. The van der Waals surface area contributed by atoms with Crippen LogP contribution in [-0.4, -0.2) is 23.0 Å². The van der Waals surface area contributed by atoms with E-state index >= 15 is 0 Å². The van der Waals surface area contributed by atoms with Crippen LogP contribution in [0.3, 0.4) is 0 Å². The van der Waals surface area contributed by atoms with Gasteiger partial charge in [0.1, 0.15) is 5.76 Å². The van der Waals surface area contributed by atoms with Crippen LogP contribution in [0.2, 0.25) is 0 Å². The molecule has 0 spiro atoms. The average molecular weight is 166 g/mol. The van der Waals surface area contributed by atoms with E-state index in [9.17, 15) is 0 Å². The molecule has 2 rings (SSSR count). The molecule has 0 amide bonds. The minimum absolute atomic E-state index is 0.931. The van der Waals surface area contributed by atoms with Crippen molar-refractivity contribution < 1.29 is 4.42 Å². The van der Waals surface area contributed by atoms with Gasteiger partial charge in [-0.25, -0.2) is 4.98 Å². The molecule has 2 heterocycles. The number of aromatic nitrogens is 1. The van der Waals surface area contributed by atoms with E-state index < -0.39 is 0 Å². The first-order valence-corrected chi connectivity index (χ1v) is 4.55. The fourth-order valence-electron chi connectivity index (χ4n) is 1.66. The van der Waals surface area contributed by atoms with E-state index in [1.807, 2.05) is 0 Å². The van der Waals surface area contributed by atoms with Gasteiger partial charge in [0, 0.05) is 0 Å². The smallest absolute Gasteiger partial charge is 0.180 e. The van der Waals surface area contributed by atoms with Crippen LogP contribution in [0.4, 0.5) is 0 Å². The van der Waals surface area contributed by atoms with Crippen LogP contribution < -0.4 is 0 Å². The Morgan fingerprint density at radius 2 is 2.17 bits per heavy atom. The molecule has 0 bridgehead atoms. The molecule has 0 unspecified atom stereocenters. The van der Waals surface area contributed by atoms with Crippen LogP contribution in [-0.2, 0) is 6.54 Å². The standard InChI is InChI=1S/C9H14N2O/c1-2-4-11(5-3-1)7-9-6-10-8-12-9/h6,8H,1-5,7H2. The number of hydrogen-bond acceptors (Lipinski definition) is 3. The lowest BCUT2D eigenvalue weighted by atomic mass is 10.1. The summed E-state index contributed by atoms with van der Waals surface area (Å²) < 4.78 is 5.18. The average Bonchev–Trinajstić information content (AvgIpc) is 2.59. The molecule has 0 aromatic carbocycles. The van der Waals surface area contributed by atoms with E-state index in [1.165, 1.54) is 38.7 Å². The molecule has 66 valence electrons. The van der Waals surface area contributed by atoms with Crippen molar-refractivity contribution in [2.45, 2.75) is 25.8 Å². The second kappa shape index (κ2) is 3.72. The quantitative estimate of drug-likeness (QED) is 0.669. The van der Waals surface area contributed by atoms with E-state index in [0.29, 0.717) is 0 Å². The van der Waals surface area contributed by atoms with E-state index in [2.05, 4.69) is 9.88 Å². The van der Waals surface area contributed by atoms with Crippen LogP contribution in [0.25, 0.3) is 0 Å². The Morgan fingerprint density at radius 3 is 2.83 bits per heavy atom. The van der Waals surface area contributed by atoms with Crippen molar-refractivity contribution in [3.8, 4) is 0 Å². The summed E-state index contributed by atoms with van der Waals surface area (Å²) in [6, 6.07) is 0. The summed E-state index contributed by atoms with van der Waals surface area (Å²) in [6.45, 7) is 3.35. The molecule has 0 saturated carbocycles. The van der Waals surface area contributed by atoms with Crippen molar-refractivity contribution in [3.05, 3.63) is 18.4 Å². The molecule has 1 saturated heterocycles. The first-order chi connectivity index (χ1) is 5.95. The van der Waals surface area contributed by atoms with Crippen LogP contribution >= 0.6 is 0 Å². The lowest BCUT2D eigenvalue weighted by molar-refractivity contribution is 0.205. The Labute approximate surface area is 72.4 Å².